The number of nitrogens with one attached hydrogen (secondary N) is 2. The maximum Gasteiger partial charge on any atom is 0.321 e. The molecule has 2 atom stereocenters. The zero-order chi connectivity index (χ0) is 15.8. The normalized spacial score (nSPS) is 13.4. The van der Waals surface area contributed by atoms with Crippen molar-refractivity contribution in [1.82, 2.24) is 15.5 Å². The molecule has 0 aliphatic heterocycles. The van der Waals surface area contributed by atoms with Crippen LogP contribution in [-0.2, 0) is 4.74 Å². The van der Waals surface area contributed by atoms with Crippen LogP contribution in [0.3, 0.4) is 0 Å². The van der Waals surface area contributed by atoms with Crippen molar-refractivity contribution >= 4 is 22.5 Å². The molecule has 7 nitrogen and oxygen atoms in total. The molecule has 0 saturated heterocycles. The monoisotopic (exact) mass is 322 g/mol. The van der Waals surface area contributed by atoms with E-state index in [2.05, 4.69) is 20.8 Å². The fourth-order valence-corrected chi connectivity index (χ4v) is 2.15. The lowest BCUT2D eigenvalue weighted by atomic mass is 10.1. The van der Waals surface area contributed by atoms with Crippen LogP contribution in [0.2, 0.25) is 0 Å². The number of nitrogens with zero attached hydrogens (tertiary/aromatic N) is 2. The molecule has 2 unspecified atom stereocenters. The first-order valence-electron chi connectivity index (χ1n) is 6.81. The van der Waals surface area contributed by atoms with Gasteiger partial charge in [-0.1, -0.05) is 41.7 Å². The van der Waals surface area contributed by atoms with Crippen LogP contribution in [0.25, 0.3) is 0 Å². The van der Waals surface area contributed by atoms with E-state index in [1.54, 1.807) is 0 Å². The second-order valence-electron chi connectivity index (χ2n) is 4.62. The zero-order valence-corrected chi connectivity index (χ0v) is 12.9. The smallest absolute Gasteiger partial charge is 0.321 e. The molecule has 0 fully saturated rings. The predicted molar refractivity (Wildman–Crippen MR) is 83.7 cm³/mol. The second-order valence-corrected chi connectivity index (χ2v) is 5.45. The topological polar surface area (TPSA) is 96.4 Å². The minimum Gasteiger partial charge on any atom is -0.389 e. The van der Waals surface area contributed by atoms with E-state index in [1.807, 2.05) is 37.3 Å². The van der Waals surface area contributed by atoms with E-state index in [0.717, 1.165) is 5.56 Å². The summed E-state index contributed by atoms with van der Waals surface area (Å²) in [7, 11) is 0. The quantitative estimate of drug-likeness (QED) is 0.722. The summed E-state index contributed by atoms with van der Waals surface area (Å²) in [5.41, 5.74) is 2.56. The van der Waals surface area contributed by atoms with Crippen molar-refractivity contribution in [2.24, 2.45) is 0 Å². The molecule has 0 aliphatic rings. The highest BCUT2D eigenvalue weighted by molar-refractivity contribution is 7.13. The predicted octanol–water partition coefficient (Wildman–Crippen LogP) is 1.80. The molecule has 2 aromatic rings. The summed E-state index contributed by atoms with van der Waals surface area (Å²) >= 11 is 1.22. The number of aliphatic hydroxyl groups excluding tert-OH is 1. The SMILES string of the molecule is CC(OCC(O)CNC(=O)Nc1nncs1)c1ccccc1. The summed E-state index contributed by atoms with van der Waals surface area (Å²) in [6, 6.07) is 9.30. The Kier molecular flexibility index (Phi) is 6.26. The Morgan fingerprint density at radius 2 is 2.18 bits per heavy atom. The minimum atomic E-state index is -0.786. The van der Waals surface area contributed by atoms with Crippen molar-refractivity contribution in [3.8, 4) is 0 Å². The van der Waals surface area contributed by atoms with Gasteiger partial charge in [-0.15, -0.1) is 10.2 Å². The molecule has 0 radical (unpaired) electrons. The molecule has 3 N–H and O–H groups in total. The summed E-state index contributed by atoms with van der Waals surface area (Å²) < 4.78 is 5.59. The summed E-state index contributed by atoms with van der Waals surface area (Å²) in [6.07, 6.45) is -0.905. The standard InChI is InChI=1S/C14H18N4O3S/c1-10(11-5-3-2-4-6-11)21-8-12(19)7-15-13(20)17-14-18-16-9-22-14/h2-6,9-10,12,19H,7-8H2,1H3,(H2,15,17,18,20). The Hall–Kier alpha value is -2.03. The number of carbonyl (C=O) groups is 1. The highest BCUT2D eigenvalue weighted by atomic mass is 32.1. The molecular weight excluding hydrogens is 304 g/mol. The highest BCUT2D eigenvalue weighted by Gasteiger charge is 2.11. The van der Waals surface area contributed by atoms with Crippen molar-refractivity contribution in [1.29, 1.82) is 0 Å². The summed E-state index contributed by atoms with van der Waals surface area (Å²) in [6.45, 7) is 2.14. The van der Waals surface area contributed by atoms with Crippen LogP contribution < -0.4 is 10.6 Å². The average Bonchev–Trinajstić information content (AvgIpc) is 3.04. The van der Waals surface area contributed by atoms with Gasteiger partial charge in [0.2, 0.25) is 5.13 Å². The van der Waals surface area contributed by atoms with Crippen LogP contribution in [0.4, 0.5) is 9.93 Å². The van der Waals surface area contributed by atoms with Crippen LogP contribution in [0, 0.1) is 0 Å². The minimum absolute atomic E-state index is 0.0894. The first-order chi connectivity index (χ1) is 10.6. The van der Waals surface area contributed by atoms with E-state index < -0.39 is 12.1 Å². The van der Waals surface area contributed by atoms with E-state index in [-0.39, 0.29) is 19.3 Å². The first-order valence-corrected chi connectivity index (χ1v) is 7.68. The molecule has 1 aromatic carbocycles. The molecule has 1 heterocycles. The Morgan fingerprint density at radius 1 is 1.41 bits per heavy atom. The number of rotatable bonds is 7. The number of ether oxygens (including phenoxy) is 1. The summed E-state index contributed by atoms with van der Waals surface area (Å²) in [5.74, 6) is 0. The van der Waals surface area contributed by atoms with E-state index in [0.29, 0.717) is 5.13 Å². The van der Waals surface area contributed by atoms with Crippen molar-refractivity contribution in [3.05, 3.63) is 41.4 Å². The van der Waals surface area contributed by atoms with Gasteiger partial charge < -0.3 is 15.2 Å². The number of anilines is 1. The number of aliphatic hydroxyl groups is 1. The third-order valence-corrected chi connectivity index (χ3v) is 3.49. The average molecular weight is 322 g/mol. The Bertz CT molecular complexity index is 565. The Balaban J connectivity index is 1.65. The molecule has 1 aromatic heterocycles. The van der Waals surface area contributed by atoms with Gasteiger partial charge in [0, 0.05) is 6.54 Å². The molecule has 8 heteroatoms. The van der Waals surface area contributed by atoms with E-state index in [1.165, 1.54) is 16.8 Å². The van der Waals surface area contributed by atoms with Crippen LogP contribution in [0.5, 0.6) is 0 Å². The van der Waals surface area contributed by atoms with Crippen LogP contribution >= 0.6 is 11.3 Å². The number of benzene rings is 1. The zero-order valence-electron chi connectivity index (χ0n) is 12.1. The van der Waals surface area contributed by atoms with Crippen LogP contribution in [0.15, 0.2) is 35.8 Å². The molecule has 2 amide bonds. The molecule has 0 spiro atoms. The van der Waals surface area contributed by atoms with Gasteiger partial charge in [0.25, 0.3) is 0 Å². The maximum atomic E-state index is 11.5. The van der Waals surface area contributed by atoms with Gasteiger partial charge >= 0.3 is 6.03 Å². The lowest BCUT2D eigenvalue weighted by Gasteiger charge is -2.17. The molecule has 0 aliphatic carbocycles. The molecular formula is C14H18N4O3S. The van der Waals surface area contributed by atoms with Gasteiger partial charge in [0.1, 0.15) is 5.51 Å². The summed E-state index contributed by atoms with van der Waals surface area (Å²) in [4.78, 5) is 11.5. The van der Waals surface area contributed by atoms with Crippen molar-refractivity contribution in [2.45, 2.75) is 19.1 Å². The van der Waals surface area contributed by atoms with Crippen molar-refractivity contribution in [3.63, 3.8) is 0 Å². The maximum absolute atomic E-state index is 11.5. The molecule has 2 rings (SSSR count). The number of aromatic nitrogens is 2. The summed E-state index contributed by atoms with van der Waals surface area (Å²) in [5, 5.41) is 22.6. The molecule has 118 valence electrons. The van der Waals surface area contributed by atoms with Gasteiger partial charge in [-0.05, 0) is 12.5 Å². The van der Waals surface area contributed by atoms with Gasteiger partial charge in [0.05, 0.1) is 18.8 Å². The van der Waals surface area contributed by atoms with Crippen LogP contribution in [0.1, 0.15) is 18.6 Å². The number of hydrogen-bond acceptors (Lipinski definition) is 6. The second kappa shape index (κ2) is 8.42. The van der Waals surface area contributed by atoms with Gasteiger partial charge in [-0.2, -0.15) is 0 Å². The van der Waals surface area contributed by atoms with E-state index in [4.69, 9.17) is 4.74 Å². The fourth-order valence-electron chi connectivity index (χ4n) is 1.71. The lowest BCUT2D eigenvalue weighted by Crippen LogP contribution is -2.37. The number of urea groups is 1. The molecule has 0 saturated carbocycles. The van der Waals surface area contributed by atoms with Crippen molar-refractivity contribution < 1.29 is 14.6 Å². The molecule has 22 heavy (non-hydrogen) atoms. The number of hydrogen-bond donors (Lipinski definition) is 3. The van der Waals surface area contributed by atoms with Crippen molar-refractivity contribution in [2.75, 3.05) is 18.5 Å². The number of amides is 2. The third-order valence-electron chi connectivity index (χ3n) is 2.89. The third kappa shape index (κ3) is 5.40. The fraction of sp³-hybridized carbons (Fsp3) is 0.357. The number of carbonyl (C=O) groups excluding carboxylic acids is 1. The van der Waals surface area contributed by atoms with E-state index in [9.17, 15) is 9.90 Å². The Labute approximate surface area is 132 Å². The lowest BCUT2D eigenvalue weighted by molar-refractivity contribution is -0.000953. The van der Waals surface area contributed by atoms with Gasteiger partial charge in [0.15, 0.2) is 0 Å². The van der Waals surface area contributed by atoms with E-state index >= 15 is 0 Å². The van der Waals surface area contributed by atoms with Gasteiger partial charge in [-0.3, -0.25) is 5.32 Å². The van der Waals surface area contributed by atoms with Crippen LogP contribution in [-0.4, -0.2) is 40.6 Å². The molecule has 0 bridgehead atoms. The van der Waals surface area contributed by atoms with Gasteiger partial charge in [-0.25, -0.2) is 4.79 Å². The Morgan fingerprint density at radius 3 is 2.86 bits per heavy atom. The highest BCUT2D eigenvalue weighted by Crippen LogP contribution is 2.15. The largest absolute Gasteiger partial charge is 0.389 e. The first kappa shape index (κ1) is 16.3.